The smallest absolute Gasteiger partial charge is 0.244 e. The van der Waals surface area contributed by atoms with Crippen molar-refractivity contribution < 1.29 is 9.90 Å². The van der Waals surface area contributed by atoms with Gasteiger partial charge in [-0.1, -0.05) is 61.4 Å². The number of rotatable bonds is 10. The molecule has 7 nitrogen and oxygen atoms in total. The van der Waals surface area contributed by atoms with Crippen molar-refractivity contribution in [3.63, 3.8) is 0 Å². The Kier molecular flexibility index (Phi) is 9.41. The van der Waals surface area contributed by atoms with Gasteiger partial charge in [-0.25, -0.2) is 9.97 Å². The molecule has 0 saturated heterocycles. The first kappa shape index (κ1) is 28.1. The Labute approximate surface area is 230 Å². The lowest BCUT2D eigenvalue weighted by atomic mass is 9.78. The van der Waals surface area contributed by atoms with Gasteiger partial charge in [0.15, 0.2) is 5.16 Å². The minimum absolute atomic E-state index is 0.0579. The van der Waals surface area contributed by atoms with Crippen molar-refractivity contribution in [1.82, 2.24) is 14.9 Å². The van der Waals surface area contributed by atoms with Crippen LogP contribution < -0.4 is 10.2 Å². The maximum Gasteiger partial charge on any atom is 0.244 e. The summed E-state index contributed by atoms with van der Waals surface area (Å²) in [4.78, 5) is 27.2. The summed E-state index contributed by atoms with van der Waals surface area (Å²) in [5, 5.41) is 15.5. The predicted octanol–water partition coefficient (Wildman–Crippen LogP) is 5.41. The zero-order valence-electron chi connectivity index (χ0n) is 22.9. The number of nitrogens with zero attached hydrogens (tertiary/aromatic N) is 4. The summed E-state index contributed by atoms with van der Waals surface area (Å²) in [6, 6.07) is 19.9. The summed E-state index contributed by atoms with van der Waals surface area (Å²) in [7, 11) is 3.99. The molecule has 1 heterocycles. The molecule has 1 saturated carbocycles. The molecule has 4 rings (SSSR count). The van der Waals surface area contributed by atoms with Gasteiger partial charge in [0.2, 0.25) is 5.91 Å². The van der Waals surface area contributed by atoms with Gasteiger partial charge in [-0.2, -0.15) is 0 Å². The predicted molar refractivity (Wildman–Crippen MR) is 155 cm³/mol. The van der Waals surface area contributed by atoms with E-state index in [-0.39, 0.29) is 5.91 Å². The van der Waals surface area contributed by atoms with Gasteiger partial charge in [-0.05, 0) is 62.6 Å². The Balaban J connectivity index is 1.62. The van der Waals surface area contributed by atoms with E-state index < -0.39 is 11.8 Å². The third kappa shape index (κ3) is 6.92. The van der Waals surface area contributed by atoms with E-state index in [1.165, 1.54) is 11.8 Å². The quantitative estimate of drug-likeness (QED) is 0.205. The first-order chi connectivity index (χ1) is 18.3. The molecule has 1 atom stereocenters. The molecule has 0 radical (unpaired) electrons. The average Bonchev–Trinajstić information content (AvgIpc) is 2.91. The summed E-state index contributed by atoms with van der Waals surface area (Å²) >= 11 is 1.43. The maximum atomic E-state index is 14.1. The number of nitrogens with one attached hydrogen (secondary N) is 1. The molecule has 8 heteroatoms. The Morgan fingerprint density at radius 1 is 1.00 bits per heavy atom. The van der Waals surface area contributed by atoms with Gasteiger partial charge in [-0.15, -0.1) is 0 Å². The number of amides is 1. The fraction of sp³-hybridized carbons (Fsp3) is 0.433. The summed E-state index contributed by atoms with van der Waals surface area (Å²) in [5.74, 6) is 0.305. The topological polar surface area (TPSA) is 81.6 Å². The first-order valence-electron chi connectivity index (χ1n) is 13.3. The molecule has 0 aliphatic heterocycles. The third-order valence-corrected chi connectivity index (χ3v) is 8.08. The Morgan fingerprint density at radius 3 is 2.24 bits per heavy atom. The number of aryl methyl sites for hydroxylation is 2. The molecule has 1 aliphatic carbocycles. The second kappa shape index (κ2) is 12.7. The van der Waals surface area contributed by atoms with Crippen LogP contribution in [0, 0.1) is 13.8 Å². The second-order valence-corrected chi connectivity index (χ2v) is 11.3. The van der Waals surface area contributed by atoms with Crippen molar-refractivity contribution in [3.05, 3.63) is 77.6 Å². The molecule has 3 aromatic rings. The molecule has 202 valence electrons. The average molecular weight is 534 g/mol. The number of carbonyl (C=O) groups is 1. The number of aliphatic hydroxyl groups excluding tert-OH is 1. The van der Waals surface area contributed by atoms with E-state index >= 15 is 0 Å². The maximum absolute atomic E-state index is 14.1. The highest BCUT2D eigenvalue weighted by Gasteiger charge is 2.47. The zero-order valence-corrected chi connectivity index (χ0v) is 23.7. The van der Waals surface area contributed by atoms with Crippen molar-refractivity contribution in [3.8, 4) is 0 Å². The van der Waals surface area contributed by atoms with E-state index in [0.717, 1.165) is 47.6 Å². The fourth-order valence-corrected chi connectivity index (χ4v) is 6.09. The third-order valence-electron chi connectivity index (χ3n) is 7.17. The van der Waals surface area contributed by atoms with E-state index in [1.54, 1.807) is 0 Å². The second-order valence-electron chi connectivity index (χ2n) is 10.3. The fourth-order valence-electron chi connectivity index (χ4n) is 5.19. The zero-order chi connectivity index (χ0) is 27.1. The summed E-state index contributed by atoms with van der Waals surface area (Å²) in [6.07, 6.45) is 3.51. The van der Waals surface area contributed by atoms with Gasteiger partial charge >= 0.3 is 0 Å². The van der Waals surface area contributed by atoms with Gasteiger partial charge in [0, 0.05) is 49.2 Å². The first-order valence-corrected chi connectivity index (χ1v) is 14.3. The van der Waals surface area contributed by atoms with Crippen LogP contribution in [-0.2, 0) is 11.3 Å². The normalized spacial score (nSPS) is 15.7. The lowest BCUT2D eigenvalue weighted by Crippen LogP contribution is -2.61. The van der Waals surface area contributed by atoms with Crippen molar-refractivity contribution in [1.29, 1.82) is 0 Å². The van der Waals surface area contributed by atoms with Crippen LogP contribution in [0.25, 0.3) is 0 Å². The number of carbonyl (C=O) groups excluding carboxylic acids is 1. The van der Waals surface area contributed by atoms with Crippen LogP contribution in [-0.4, -0.2) is 57.5 Å². The van der Waals surface area contributed by atoms with Crippen molar-refractivity contribution >= 4 is 29.0 Å². The minimum atomic E-state index is -0.857. The van der Waals surface area contributed by atoms with Gasteiger partial charge in [0.05, 0.1) is 0 Å². The molecule has 0 bridgehead atoms. The summed E-state index contributed by atoms with van der Waals surface area (Å²) in [6.45, 7) is 4.37. The number of hydrogen-bond donors (Lipinski definition) is 2. The van der Waals surface area contributed by atoms with Gasteiger partial charge in [-0.3, -0.25) is 9.69 Å². The highest BCUT2D eigenvalue weighted by molar-refractivity contribution is 7.99. The van der Waals surface area contributed by atoms with Crippen LogP contribution in [0.1, 0.15) is 49.1 Å². The monoisotopic (exact) mass is 533 g/mol. The Hall–Kier alpha value is -2.94. The number of thioether (sulfide) groups is 1. The molecule has 38 heavy (non-hydrogen) atoms. The van der Waals surface area contributed by atoms with Crippen LogP contribution >= 0.6 is 11.8 Å². The van der Waals surface area contributed by atoms with Crippen LogP contribution in [0.15, 0.2) is 65.8 Å². The molecular weight excluding hydrogens is 494 g/mol. The van der Waals surface area contributed by atoms with E-state index in [0.29, 0.717) is 30.3 Å². The van der Waals surface area contributed by atoms with Crippen molar-refractivity contribution in [2.24, 2.45) is 0 Å². The Morgan fingerprint density at radius 2 is 1.63 bits per heavy atom. The molecule has 0 spiro atoms. The molecule has 2 N–H and O–H groups in total. The van der Waals surface area contributed by atoms with Crippen LogP contribution in [0.3, 0.4) is 0 Å². The lowest BCUT2D eigenvalue weighted by Gasteiger charge is -2.47. The van der Waals surface area contributed by atoms with Crippen LogP contribution in [0.4, 0.5) is 11.4 Å². The summed E-state index contributed by atoms with van der Waals surface area (Å²) < 4.78 is 0. The van der Waals surface area contributed by atoms with E-state index in [1.807, 2.05) is 98.4 Å². The lowest BCUT2D eigenvalue weighted by molar-refractivity contribution is -0.142. The van der Waals surface area contributed by atoms with Crippen molar-refractivity contribution in [2.45, 2.75) is 69.4 Å². The molecule has 1 amide bonds. The highest BCUT2D eigenvalue weighted by Crippen LogP contribution is 2.38. The number of hydrogen-bond acceptors (Lipinski definition) is 7. The van der Waals surface area contributed by atoms with E-state index in [2.05, 4.69) is 15.3 Å². The molecule has 1 aliphatic rings. The van der Waals surface area contributed by atoms with E-state index in [9.17, 15) is 9.90 Å². The van der Waals surface area contributed by atoms with Crippen LogP contribution in [0.5, 0.6) is 0 Å². The number of anilines is 2. The van der Waals surface area contributed by atoms with Crippen LogP contribution in [0.2, 0.25) is 0 Å². The largest absolute Gasteiger partial charge is 0.378 e. The van der Waals surface area contributed by atoms with Gasteiger partial charge < -0.3 is 15.3 Å². The van der Waals surface area contributed by atoms with Gasteiger partial charge in [0.25, 0.3) is 0 Å². The van der Waals surface area contributed by atoms with E-state index in [4.69, 9.17) is 0 Å². The summed E-state index contributed by atoms with van der Waals surface area (Å²) in [5.41, 5.74) is 3.88. The molecule has 1 unspecified atom stereocenters. The molecular formula is C30H39N5O2S. The molecule has 1 aromatic heterocycles. The number of aromatic nitrogens is 2. The van der Waals surface area contributed by atoms with Crippen molar-refractivity contribution in [2.75, 3.05) is 30.1 Å². The highest BCUT2D eigenvalue weighted by atomic mass is 32.2. The number of aliphatic hydroxyl groups is 1. The standard InChI is InChI=1S/C30H39N5O2S/c1-22-19-23(2)32-29(31-22)38-21-27(36)35(20-24-11-7-5-8-12-24)30(17-9-6-10-18-30)28(37)33-25-13-15-26(16-14-25)34(3)4/h5,7-8,11-16,19,27,36H,6,9-10,17-18,20-21H2,1-4H3,(H,33,37). The minimum Gasteiger partial charge on any atom is -0.378 e. The molecule has 1 fully saturated rings. The SMILES string of the molecule is Cc1cc(C)nc(SCC(O)N(Cc2ccccc2)C2(C(=O)Nc3ccc(N(C)C)cc3)CCCCC2)n1. The number of benzene rings is 2. The van der Waals surface area contributed by atoms with Gasteiger partial charge in [0.1, 0.15) is 11.8 Å². The Bertz CT molecular complexity index is 1180. The molecule has 2 aromatic carbocycles.